The Morgan fingerprint density at radius 2 is 2.19 bits per heavy atom. The topological polar surface area (TPSA) is 86.9 Å². The Hall–Kier alpha value is -1.57. The van der Waals surface area contributed by atoms with E-state index in [1.807, 2.05) is 0 Å². The van der Waals surface area contributed by atoms with E-state index < -0.39 is 10.0 Å². The summed E-state index contributed by atoms with van der Waals surface area (Å²) in [6.07, 6.45) is 5.25. The first-order valence-corrected chi connectivity index (χ1v) is 8.44. The summed E-state index contributed by atoms with van der Waals surface area (Å²) in [5, 5.41) is 10.0. The molecule has 0 atom stereocenters. The summed E-state index contributed by atoms with van der Waals surface area (Å²) in [5.41, 5.74) is 1.27. The van der Waals surface area contributed by atoms with Crippen molar-refractivity contribution in [1.82, 2.24) is 15.5 Å². The normalized spacial score (nSPS) is 15.1. The fourth-order valence-corrected chi connectivity index (χ4v) is 3.27. The Bertz CT molecular complexity index is 727. The minimum atomic E-state index is -3.66. The molecule has 6 nitrogen and oxygen atoms in total. The van der Waals surface area contributed by atoms with Gasteiger partial charge in [-0.1, -0.05) is 17.7 Å². The monoisotopic (exact) mass is 326 g/mol. The molecule has 21 heavy (non-hydrogen) atoms. The molecule has 1 fully saturated rings. The van der Waals surface area contributed by atoms with E-state index in [1.54, 1.807) is 12.1 Å². The van der Waals surface area contributed by atoms with Crippen LogP contribution >= 0.6 is 11.6 Å². The van der Waals surface area contributed by atoms with Gasteiger partial charge in [-0.05, 0) is 30.5 Å². The maximum absolute atomic E-state index is 12.2. The Morgan fingerprint density at radius 3 is 2.81 bits per heavy atom. The number of aromatic amines is 1. The Balaban J connectivity index is 1.76. The summed E-state index contributed by atoms with van der Waals surface area (Å²) in [6, 6.07) is 5.33. The van der Waals surface area contributed by atoms with Crippen molar-refractivity contribution >= 4 is 27.3 Å². The number of nitrogens with one attached hydrogen (secondary N) is 3. The first-order chi connectivity index (χ1) is 10.0. The van der Waals surface area contributed by atoms with Crippen molar-refractivity contribution in [2.24, 2.45) is 0 Å². The molecule has 1 heterocycles. The first-order valence-electron chi connectivity index (χ1n) is 6.58. The molecule has 1 saturated carbocycles. The Kier molecular flexibility index (Phi) is 3.88. The van der Waals surface area contributed by atoms with Gasteiger partial charge in [0.15, 0.2) is 0 Å². The average molecular weight is 327 g/mol. The smallest absolute Gasteiger partial charge is 0.262 e. The van der Waals surface area contributed by atoms with E-state index in [0.29, 0.717) is 23.3 Å². The summed E-state index contributed by atoms with van der Waals surface area (Å²) < 4.78 is 26.8. The minimum Gasteiger partial charge on any atom is -0.310 e. The summed E-state index contributed by atoms with van der Waals surface area (Å²) in [7, 11) is -3.66. The van der Waals surface area contributed by atoms with Crippen LogP contribution in [0, 0.1) is 0 Å². The fraction of sp³-hybridized carbons (Fsp3) is 0.308. The van der Waals surface area contributed by atoms with Gasteiger partial charge in [-0.3, -0.25) is 9.82 Å². The molecular formula is C13H15ClN4O2S. The van der Waals surface area contributed by atoms with Crippen molar-refractivity contribution in [1.29, 1.82) is 0 Å². The molecule has 0 aliphatic heterocycles. The van der Waals surface area contributed by atoms with Crippen molar-refractivity contribution in [3.05, 3.63) is 41.2 Å². The molecule has 0 amide bonds. The van der Waals surface area contributed by atoms with Crippen molar-refractivity contribution in [3.8, 4) is 0 Å². The molecule has 1 aromatic heterocycles. The lowest BCUT2D eigenvalue weighted by molar-refractivity contribution is 0.601. The second-order valence-electron chi connectivity index (χ2n) is 5.00. The highest BCUT2D eigenvalue weighted by atomic mass is 35.5. The number of benzene rings is 1. The standard InChI is InChI=1S/C13H15ClN4O2S/c14-13-5-12(4-1-9(13)6-15-10-2-3-10)21(19,20)18-11-7-16-17-8-11/h1,4-5,7-8,10,15,18H,2-3,6H2,(H,16,17). The van der Waals surface area contributed by atoms with Gasteiger partial charge >= 0.3 is 0 Å². The number of nitrogens with zero attached hydrogens (tertiary/aromatic N) is 1. The molecule has 1 aliphatic rings. The minimum absolute atomic E-state index is 0.129. The quantitative estimate of drug-likeness (QED) is 0.759. The van der Waals surface area contributed by atoms with Crippen molar-refractivity contribution in [3.63, 3.8) is 0 Å². The SMILES string of the molecule is O=S(=O)(Nc1cn[nH]c1)c1ccc(CNC2CC2)c(Cl)c1. The molecule has 0 unspecified atom stereocenters. The molecule has 2 aromatic rings. The van der Waals surface area contributed by atoms with Crippen LogP contribution in [0.5, 0.6) is 0 Å². The van der Waals surface area contributed by atoms with Crippen LogP contribution in [0.25, 0.3) is 0 Å². The summed E-state index contributed by atoms with van der Waals surface area (Å²) in [4.78, 5) is 0.129. The molecule has 3 N–H and O–H groups in total. The lowest BCUT2D eigenvalue weighted by Crippen LogP contribution is -2.16. The van der Waals surface area contributed by atoms with Crippen molar-refractivity contribution < 1.29 is 8.42 Å². The largest absolute Gasteiger partial charge is 0.310 e. The predicted molar refractivity (Wildman–Crippen MR) is 80.7 cm³/mol. The van der Waals surface area contributed by atoms with Crippen LogP contribution < -0.4 is 10.0 Å². The molecule has 0 bridgehead atoms. The van der Waals surface area contributed by atoms with E-state index in [2.05, 4.69) is 20.2 Å². The van der Waals surface area contributed by atoms with Crippen LogP contribution in [-0.2, 0) is 16.6 Å². The molecule has 1 aliphatic carbocycles. The number of rotatable bonds is 6. The Labute approximate surface area is 128 Å². The summed E-state index contributed by atoms with van der Waals surface area (Å²) in [5.74, 6) is 0. The molecule has 8 heteroatoms. The van der Waals surface area contributed by atoms with Gasteiger partial charge in [0.25, 0.3) is 10.0 Å². The van der Waals surface area contributed by atoms with Gasteiger partial charge in [0, 0.05) is 23.8 Å². The third kappa shape index (κ3) is 3.55. The number of halogens is 1. The van der Waals surface area contributed by atoms with Crippen LogP contribution in [-0.4, -0.2) is 24.7 Å². The molecule has 1 aromatic carbocycles. The highest BCUT2D eigenvalue weighted by Gasteiger charge is 2.21. The van der Waals surface area contributed by atoms with E-state index >= 15 is 0 Å². The first kappa shape index (κ1) is 14.4. The van der Waals surface area contributed by atoms with Gasteiger partial charge in [0.1, 0.15) is 0 Å². The second kappa shape index (κ2) is 5.67. The van der Waals surface area contributed by atoms with E-state index in [1.165, 1.54) is 31.3 Å². The van der Waals surface area contributed by atoms with E-state index in [4.69, 9.17) is 11.6 Å². The number of sulfonamides is 1. The fourth-order valence-electron chi connectivity index (χ4n) is 1.90. The third-order valence-electron chi connectivity index (χ3n) is 3.24. The van der Waals surface area contributed by atoms with Gasteiger partial charge in [-0.2, -0.15) is 5.10 Å². The van der Waals surface area contributed by atoms with Crippen molar-refractivity contribution in [2.75, 3.05) is 4.72 Å². The van der Waals surface area contributed by atoms with Crippen LogP contribution in [0.1, 0.15) is 18.4 Å². The number of H-pyrrole nitrogens is 1. The highest BCUT2D eigenvalue weighted by molar-refractivity contribution is 7.92. The molecule has 0 saturated heterocycles. The van der Waals surface area contributed by atoms with Gasteiger partial charge in [0.05, 0.1) is 16.8 Å². The summed E-state index contributed by atoms with van der Waals surface area (Å²) >= 11 is 6.17. The molecule has 0 radical (unpaired) electrons. The maximum Gasteiger partial charge on any atom is 0.262 e. The number of hydrogen-bond acceptors (Lipinski definition) is 4. The van der Waals surface area contributed by atoms with Gasteiger partial charge in [0.2, 0.25) is 0 Å². The van der Waals surface area contributed by atoms with Gasteiger partial charge < -0.3 is 5.32 Å². The molecular weight excluding hydrogens is 312 g/mol. The van der Waals surface area contributed by atoms with Crippen molar-refractivity contribution in [2.45, 2.75) is 30.3 Å². The van der Waals surface area contributed by atoms with Crippen LogP contribution in [0.3, 0.4) is 0 Å². The van der Waals surface area contributed by atoms with Gasteiger partial charge in [-0.25, -0.2) is 8.42 Å². The number of hydrogen-bond donors (Lipinski definition) is 3. The van der Waals surface area contributed by atoms with E-state index in [-0.39, 0.29) is 4.90 Å². The van der Waals surface area contributed by atoms with E-state index in [0.717, 1.165) is 5.56 Å². The third-order valence-corrected chi connectivity index (χ3v) is 4.97. The lowest BCUT2D eigenvalue weighted by Gasteiger charge is -2.09. The molecule has 112 valence electrons. The van der Waals surface area contributed by atoms with Crippen LogP contribution in [0.4, 0.5) is 5.69 Å². The Morgan fingerprint density at radius 1 is 1.38 bits per heavy atom. The zero-order chi connectivity index (χ0) is 14.9. The number of aromatic nitrogens is 2. The predicted octanol–water partition coefficient (Wildman–Crippen LogP) is 2.12. The second-order valence-corrected chi connectivity index (χ2v) is 7.09. The van der Waals surface area contributed by atoms with Gasteiger partial charge in [-0.15, -0.1) is 0 Å². The zero-order valence-corrected chi connectivity index (χ0v) is 12.7. The highest BCUT2D eigenvalue weighted by Crippen LogP contribution is 2.24. The number of anilines is 1. The van der Waals surface area contributed by atoms with Crippen LogP contribution in [0.2, 0.25) is 5.02 Å². The average Bonchev–Trinajstić information content (AvgIpc) is 3.14. The van der Waals surface area contributed by atoms with Crippen LogP contribution in [0.15, 0.2) is 35.5 Å². The maximum atomic E-state index is 12.2. The molecule has 3 rings (SSSR count). The van der Waals surface area contributed by atoms with E-state index in [9.17, 15) is 8.42 Å². The lowest BCUT2D eigenvalue weighted by atomic mass is 10.2. The zero-order valence-electron chi connectivity index (χ0n) is 11.1. The molecule has 0 spiro atoms. The summed E-state index contributed by atoms with van der Waals surface area (Å²) in [6.45, 7) is 0.652.